The van der Waals surface area contributed by atoms with Gasteiger partial charge in [-0.2, -0.15) is 0 Å². The van der Waals surface area contributed by atoms with Crippen molar-refractivity contribution in [2.75, 3.05) is 7.11 Å². The Morgan fingerprint density at radius 1 is 1.00 bits per heavy atom. The number of hydrogen-bond donors (Lipinski definition) is 0. The lowest BCUT2D eigenvalue weighted by atomic mass is 9.74. The second-order valence-corrected chi connectivity index (χ2v) is 14.2. The molecule has 0 radical (unpaired) electrons. The number of cyclic esters (lactones) is 1. The van der Waals surface area contributed by atoms with Crippen LogP contribution in [0.15, 0.2) is 65.7 Å². The summed E-state index contributed by atoms with van der Waals surface area (Å²) >= 11 is 0. The highest BCUT2D eigenvalue weighted by atomic mass is 28.4. The molecule has 0 bridgehead atoms. The van der Waals surface area contributed by atoms with E-state index in [2.05, 4.69) is 11.8 Å². The first-order valence-electron chi connectivity index (χ1n) is 11.1. The third kappa shape index (κ3) is 4.84. The fourth-order valence-electron chi connectivity index (χ4n) is 3.99. The molecular weight excluding hydrogens is 446 g/mol. The maximum atomic E-state index is 13.8. The van der Waals surface area contributed by atoms with Gasteiger partial charge in [-0.15, -0.1) is 0 Å². The summed E-state index contributed by atoms with van der Waals surface area (Å²) in [5, 5.41) is 0. The molecule has 7 heteroatoms. The summed E-state index contributed by atoms with van der Waals surface area (Å²) in [5.74, 6) is 4.18. The smallest absolute Gasteiger partial charge is 0.384 e. The number of carbonyl (C=O) groups is 2. The van der Waals surface area contributed by atoms with Crippen LogP contribution in [0, 0.1) is 11.8 Å². The van der Waals surface area contributed by atoms with E-state index in [9.17, 15) is 9.59 Å². The molecule has 0 saturated heterocycles. The molecule has 1 heterocycles. The summed E-state index contributed by atoms with van der Waals surface area (Å²) < 4.78 is 17.5. The van der Waals surface area contributed by atoms with E-state index in [0.717, 1.165) is 5.56 Å². The SMILES string of the molecule is COC(=O)C#CC(O[Si](C)(C)C)(c1ccccc1)C1(C)N=C(c2ccccc2)C(C)(C)OC1=O. The van der Waals surface area contributed by atoms with Gasteiger partial charge in [-0.05, 0) is 57.5 Å². The van der Waals surface area contributed by atoms with Crippen molar-refractivity contribution in [3.8, 4) is 11.8 Å². The van der Waals surface area contributed by atoms with Crippen molar-refractivity contribution < 1.29 is 23.5 Å². The molecule has 0 spiro atoms. The van der Waals surface area contributed by atoms with Crippen molar-refractivity contribution in [1.82, 2.24) is 0 Å². The second kappa shape index (κ2) is 9.20. The minimum absolute atomic E-state index is 0.585. The van der Waals surface area contributed by atoms with Crippen LogP contribution in [0.2, 0.25) is 19.6 Å². The van der Waals surface area contributed by atoms with Gasteiger partial charge in [0.1, 0.15) is 5.60 Å². The summed E-state index contributed by atoms with van der Waals surface area (Å²) in [6.45, 7) is 11.3. The first-order valence-corrected chi connectivity index (χ1v) is 14.5. The van der Waals surface area contributed by atoms with E-state index in [4.69, 9.17) is 18.9 Å². The van der Waals surface area contributed by atoms with Crippen molar-refractivity contribution in [3.63, 3.8) is 0 Å². The molecular formula is C27H31NO5Si. The lowest BCUT2D eigenvalue weighted by Gasteiger charge is -2.48. The molecule has 6 nitrogen and oxygen atoms in total. The van der Waals surface area contributed by atoms with Gasteiger partial charge in [0.2, 0.25) is 0 Å². The first-order chi connectivity index (χ1) is 15.8. The largest absolute Gasteiger partial charge is 0.459 e. The number of rotatable bonds is 5. The third-order valence-electron chi connectivity index (χ3n) is 5.55. The molecule has 34 heavy (non-hydrogen) atoms. The topological polar surface area (TPSA) is 74.2 Å². The van der Waals surface area contributed by atoms with E-state index in [1.165, 1.54) is 7.11 Å². The number of nitrogens with zero attached hydrogens (tertiary/aromatic N) is 1. The Bertz CT molecular complexity index is 1160. The minimum atomic E-state index is -2.39. The Kier molecular flexibility index (Phi) is 6.88. The molecule has 0 fully saturated rings. The fraction of sp³-hybridized carbons (Fsp3) is 0.370. The van der Waals surface area contributed by atoms with Crippen LogP contribution in [0.25, 0.3) is 0 Å². The van der Waals surface area contributed by atoms with Crippen LogP contribution in [0.4, 0.5) is 0 Å². The zero-order valence-corrected chi connectivity index (χ0v) is 21.8. The van der Waals surface area contributed by atoms with Crippen LogP contribution in [-0.2, 0) is 29.1 Å². The first kappa shape index (κ1) is 25.4. The third-order valence-corrected chi connectivity index (χ3v) is 6.47. The second-order valence-electron chi connectivity index (χ2n) is 9.80. The van der Waals surface area contributed by atoms with Crippen LogP contribution in [0.5, 0.6) is 0 Å². The predicted molar refractivity (Wildman–Crippen MR) is 134 cm³/mol. The summed E-state index contributed by atoms with van der Waals surface area (Å²) in [6, 6.07) is 18.7. The molecule has 2 aromatic rings. The minimum Gasteiger partial charge on any atom is -0.459 e. The maximum absolute atomic E-state index is 13.8. The standard InChI is InChI=1S/C27H31NO5Si/c1-25(2)23(20-14-10-8-11-15-20)28-26(3,24(30)32-25)27(33-34(5,6)7,19-18-22(29)31-4)21-16-12-9-13-17-21/h8-17H,1-7H3. The molecule has 0 amide bonds. The number of carbonyl (C=O) groups excluding carboxylic acids is 2. The van der Waals surface area contributed by atoms with Crippen LogP contribution in [0.3, 0.4) is 0 Å². The molecule has 178 valence electrons. The zero-order chi connectivity index (χ0) is 25.2. The number of methoxy groups -OCH3 is 1. The average molecular weight is 478 g/mol. The number of aliphatic imine (C=N–C) groups is 1. The average Bonchev–Trinajstić information content (AvgIpc) is 2.79. The van der Waals surface area contributed by atoms with E-state index in [0.29, 0.717) is 11.3 Å². The monoisotopic (exact) mass is 477 g/mol. The van der Waals surface area contributed by atoms with Crippen LogP contribution in [-0.4, -0.2) is 44.2 Å². The summed E-state index contributed by atoms with van der Waals surface area (Å²) in [7, 11) is -1.13. The van der Waals surface area contributed by atoms with E-state index >= 15 is 0 Å². The molecule has 2 aromatic carbocycles. The quantitative estimate of drug-likeness (QED) is 0.274. The Hall–Kier alpha value is -3.21. The molecule has 0 aliphatic carbocycles. The molecule has 3 rings (SSSR count). The van der Waals surface area contributed by atoms with Crippen molar-refractivity contribution in [1.29, 1.82) is 0 Å². The predicted octanol–water partition coefficient (Wildman–Crippen LogP) is 4.49. The van der Waals surface area contributed by atoms with Crippen LogP contribution in [0.1, 0.15) is 31.9 Å². The Labute approximate surface area is 202 Å². The highest BCUT2D eigenvalue weighted by Gasteiger charge is 2.61. The van der Waals surface area contributed by atoms with Crippen molar-refractivity contribution in [3.05, 3.63) is 71.8 Å². The van der Waals surface area contributed by atoms with Gasteiger partial charge in [-0.25, -0.2) is 9.59 Å². The van der Waals surface area contributed by atoms with Gasteiger partial charge in [-0.1, -0.05) is 60.7 Å². The molecule has 1 aliphatic rings. The molecule has 2 unspecified atom stereocenters. The normalized spacial score (nSPS) is 21.3. The lowest BCUT2D eigenvalue weighted by Crippen LogP contribution is -2.63. The summed E-state index contributed by atoms with van der Waals surface area (Å²) in [6.07, 6.45) is 0. The Balaban J connectivity index is 2.42. The molecule has 0 aromatic heterocycles. The Morgan fingerprint density at radius 2 is 1.56 bits per heavy atom. The van der Waals surface area contributed by atoms with Gasteiger partial charge < -0.3 is 13.9 Å². The van der Waals surface area contributed by atoms with E-state index in [-0.39, 0.29) is 0 Å². The van der Waals surface area contributed by atoms with E-state index in [1.807, 2.05) is 80.3 Å². The van der Waals surface area contributed by atoms with E-state index in [1.54, 1.807) is 20.8 Å². The highest BCUT2D eigenvalue weighted by Crippen LogP contribution is 2.46. The zero-order valence-electron chi connectivity index (χ0n) is 20.8. The van der Waals surface area contributed by atoms with Crippen molar-refractivity contribution in [2.24, 2.45) is 4.99 Å². The molecule has 1 aliphatic heterocycles. The van der Waals surface area contributed by atoms with Gasteiger partial charge in [0.25, 0.3) is 0 Å². The molecule has 0 saturated carbocycles. The number of hydrogen-bond acceptors (Lipinski definition) is 6. The number of benzene rings is 2. The maximum Gasteiger partial charge on any atom is 0.384 e. The lowest BCUT2D eigenvalue weighted by molar-refractivity contribution is -0.167. The summed E-state index contributed by atoms with van der Waals surface area (Å²) in [5.41, 5.74) is -2.17. The fourth-order valence-corrected chi connectivity index (χ4v) is 5.28. The van der Waals surface area contributed by atoms with Gasteiger partial charge in [0.05, 0.1) is 12.8 Å². The van der Waals surface area contributed by atoms with Gasteiger partial charge in [-0.3, -0.25) is 4.99 Å². The van der Waals surface area contributed by atoms with E-state index < -0.39 is 37.0 Å². The van der Waals surface area contributed by atoms with Gasteiger partial charge in [0.15, 0.2) is 19.5 Å². The summed E-state index contributed by atoms with van der Waals surface area (Å²) in [4.78, 5) is 30.9. The van der Waals surface area contributed by atoms with Gasteiger partial charge in [0, 0.05) is 5.92 Å². The van der Waals surface area contributed by atoms with Crippen LogP contribution < -0.4 is 0 Å². The van der Waals surface area contributed by atoms with Crippen molar-refractivity contribution >= 4 is 26.0 Å². The number of esters is 2. The number of ether oxygens (including phenoxy) is 2. The van der Waals surface area contributed by atoms with Crippen molar-refractivity contribution in [2.45, 2.75) is 57.2 Å². The molecule has 2 atom stereocenters. The van der Waals surface area contributed by atoms with Gasteiger partial charge >= 0.3 is 11.9 Å². The highest BCUT2D eigenvalue weighted by molar-refractivity contribution is 6.69. The Morgan fingerprint density at radius 3 is 2.09 bits per heavy atom. The van der Waals surface area contributed by atoms with Crippen LogP contribution >= 0.6 is 0 Å². The molecule has 0 N–H and O–H groups in total.